The normalized spacial score (nSPS) is 16.2. The Hall–Kier alpha value is -2.50. The molecule has 0 radical (unpaired) electrons. The van der Waals surface area contributed by atoms with Gasteiger partial charge in [0, 0.05) is 35.8 Å². The molecule has 23 heavy (non-hydrogen) atoms. The Morgan fingerprint density at radius 2 is 2.09 bits per heavy atom. The molecule has 0 unspecified atom stereocenters. The smallest absolute Gasteiger partial charge is 0.149 e. The van der Waals surface area contributed by atoms with Crippen LogP contribution in [0.2, 0.25) is 0 Å². The Bertz CT molecular complexity index is 822. The van der Waals surface area contributed by atoms with Gasteiger partial charge in [0.25, 0.3) is 0 Å². The van der Waals surface area contributed by atoms with E-state index in [1.807, 2.05) is 13.0 Å². The number of aryl methyl sites for hydroxylation is 1. The number of H-pyrrole nitrogens is 1. The highest BCUT2D eigenvalue weighted by Crippen LogP contribution is 2.33. The number of anilines is 1. The largest absolute Gasteiger partial charge is 0.371 e. The number of para-hydroxylation sites is 1. The lowest BCUT2D eigenvalue weighted by Crippen LogP contribution is -2.33. The number of halogens is 1. The zero-order chi connectivity index (χ0) is 15.8. The molecule has 1 N–H and O–H groups in total. The molecule has 1 aromatic carbocycles. The minimum atomic E-state index is -0.260. The van der Waals surface area contributed by atoms with Gasteiger partial charge in [-0.15, -0.1) is 0 Å². The number of aromatic nitrogens is 4. The minimum Gasteiger partial charge on any atom is -0.371 e. The Balaban J connectivity index is 1.64. The van der Waals surface area contributed by atoms with E-state index in [-0.39, 0.29) is 5.82 Å². The monoisotopic (exact) mass is 311 g/mol. The third-order valence-electron chi connectivity index (χ3n) is 4.55. The van der Waals surface area contributed by atoms with Crippen molar-refractivity contribution in [2.24, 2.45) is 0 Å². The quantitative estimate of drug-likeness (QED) is 0.789. The first-order valence-electron chi connectivity index (χ1n) is 7.88. The van der Waals surface area contributed by atoms with Gasteiger partial charge in [-0.2, -0.15) is 5.10 Å². The van der Waals surface area contributed by atoms with Crippen LogP contribution in [0.4, 0.5) is 10.1 Å². The molecule has 0 aliphatic carbocycles. The van der Waals surface area contributed by atoms with E-state index in [2.05, 4.69) is 31.1 Å². The maximum atomic E-state index is 14.1. The summed E-state index contributed by atoms with van der Waals surface area (Å²) in [5.74, 6) is 1.12. The number of hydrogen-bond donors (Lipinski definition) is 1. The SMILES string of the molecule is Cc1cc(N2CCC(c3ncn[nH]3)CC2)c2cccc(F)c2n1. The zero-order valence-electron chi connectivity index (χ0n) is 13.0. The first-order valence-corrected chi connectivity index (χ1v) is 7.88. The minimum absolute atomic E-state index is 0.260. The fraction of sp³-hybridized carbons (Fsp3) is 0.353. The molecule has 2 aromatic heterocycles. The van der Waals surface area contributed by atoms with Gasteiger partial charge in [0.2, 0.25) is 0 Å². The molecular formula is C17H18FN5. The highest BCUT2D eigenvalue weighted by Gasteiger charge is 2.24. The van der Waals surface area contributed by atoms with E-state index in [1.165, 1.54) is 6.07 Å². The van der Waals surface area contributed by atoms with E-state index in [9.17, 15) is 4.39 Å². The Labute approximate surface area is 133 Å². The summed E-state index contributed by atoms with van der Waals surface area (Å²) >= 11 is 0. The van der Waals surface area contributed by atoms with Gasteiger partial charge in [-0.1, -0.05) is 12.1 Å². The molecule has 3 heterocycles. The molecule has 0 amide bonds. The lowest BCUT2D eigenvalue weighted by molar-refractivity contribution is 0.487. The van der Waals surface area contributed by atoms with E-state index in [4.69, 9.17) is 0 Å². The molecule has 1 fully saturated rings. The summed E-state index contributed by atoms with van der Waals surface area (Å²) in [6.45, 7) is 3.75. The second-order valence-corrected chi connectivity index (χ2v) is 6.05. The van der Waals surface area contributed by atoms with Crippen LogP contribution in [0.25, 0.3) is 10.9 Å². The van der Waals surface area contributed by atoms with Crippen LogP contribution in [0.5, 0.6) is 0 Å². The molecule has 0 saturated carbocycles. The van der Waals surface area contributed by atoms with Crippen LogP contribution in [0.3, 0.4) is 0 Å². The molecule has 0 atom stereocenters. The van der Waals surface area contributed by atoms with Crippen LogP contribution in [0.1, 0.15) is 30.3 Å². The highest BCUT2D eigenvalue weighted by molar-refractivity contribution is 5.92. The molecule has 4 rings (SSSR count). The van der Waals surface area contributed by atoms with Gasteiger partial charge < -0.3 is 4.90 Å². The van der Waals surface area contributed by atoms with Crippen molar-refractivity contribution < 1.29 is 4.39 Å². The second kappa shape index (κ2) is 5.61. The van der Waals surface area contributed by atoms with Crippen LogP contribution in [-0.2, 0) is 0 Å². The van der Waals surface area contributed by atoms with Crippen LogP contribution in [0, 0.1) is 12.7 Å². The van der Waals surface area contributed by atoms with Crippen LogP contribution in [0.15, 0.2) is 30.6 Å². The van der Waals surface area contributed by atoms with E-state index >= 15 is 0 Å². The van der Waals surface area contributed by atoms with Gasteiger partial charge in [-0.25, -0.2) is 14.4 Å². The molecule has 1 aliphatic rings. The van der Waals surface area contributed by atoms with Crippen molar-refractivity contribution in [2.45, 2.75) is 25.7 Å². The number of pyridine rings is 1. The van der Waals surface area contributed by atoms with E-state index < -0.39 is 0 Å². The summed E-state index contributed by atoms with van der Waals surface area (Å²) in [6, 6.07) is 7.22. The van der Waals surface area contributed by atoms with Crippen molar-refractivity contribution in [1.82, 2.24) is 20.2 Å². The van der Waals surface area contributed by atoms with Gasteiger partial charge >= 0.3 is 0 Å². The standard InChI is InChI=1S/C17H18FN5/c1-11-9-15(13-3-2-4-14(18)16(13)21-11)23-7-5-12(6-8-23)17-19-10-20-22-17/h2-4,9-10,12H,5-8H2,1H3,(H,19,20,22). The van der Waals surface area contributed by atoms with Crippen molar-refractivity contribution in [3.63, 3.8) is 0 Å². The van der Waals surface area contributed by atoms with Crippen LogP contribution in [-0.4, -0.2) is 33.3 Å². The highest BCUT2D eigenvalue weighted by atomic mass is 19.1. The lowest BCUT2D eigenvalue weighted by atomic mass is 9.95. The predicted molar refractivity (Wildman–Crippen MR) is 87.0 cm³/mol. The Morgan fingerprint density at radius 1 is 1.26 bits per heavy atom. The number of nitrogens with one attached hydrogen (secondary N) is 1. The summed E-state index contributed by atoms with van der Waals surface area (Å²) in [5.41, 5.74) is 2.37. The second-order valence-electron chi connectivity index (χ2n) is 6.05. The van der Waals surface area contributed by atoms with E-state index in [0.29, 0.717) is 11.4 Å². The summed E-state index contributed by atoms with van der Waals surface area (Å²) in [6.07, 6.45) is 3.57. The number of fused-ring (bicyclic) bond motifs is 1. The molecule has 1 saturated heterocycles. The number of nitrogens with zero attached hydrogens (tertiary/aromatic N) is 4. The molecule has 1 aliphatic heterocycles. The Kier molecular flexibility index (Phi) is 3.44. The average molecular weight is 311 g/mol. The number of aromatic amines is 1. The molecule has 5 nitrogen and oxygen atoms in total. The number of piperidine rings is 1. The summed E-state index contributed by atoms with van der Waals surface area (Å²) in [4.78, 5) is 11.0. The molecule has 3 aromatic rings. The fourth-order valence-electron chi connectivity index (χ4n) is 3.39. The first kappa shape index (κ1) is 14.1. The third-order valence-corrected chi connectivity index (χ3v) is 4.55. The molecular weight excluding hydrogens is 293 g/mol. The molecule has 0 bridgehead atoms. The van der Waals surface area contributed by atoms with Gasteiger partial charge in [0.05, 0.1) is 0 Å². The Morgan fingerprint density at radius 3 is 2.83 bits per heavy atom. The maximum Gasteiger partial charge on any atom is 0.149 e. The van der Waals surface area contributed by atoms with Crippen molar-refractivity contribution >= 4 is 16.6 Å². The number of benzene rings is 1. The molecule has 118 valence electrons. The topological polar surface area (TPSA) is 57.7 Å². The van der Waals surface area contributed by atoms with E-state index in [1.54, 1.807) is 12.4 Å². The van der Waals surface area contributed by atoms with Crippen molar-refractivity contribution in [3.8, 4) is 0 Å². The van der Waals surface area contributed by atoms with Gasteiger partial charge in [-0.3, -0.25) is 5.10 Å². The van der Waals surface area contributed by atoms with Crippen LogP contribution >= 0.6 is 0 Å². The van der Waals surface area contributed by atoms with Gasteiger partial charge in [0.1, 0.15) is 23.5 Å². The fourth-order valence-corrected chi connectivity index (χ4v) is 3.39. The number of rotatable bonds is 2. The number of hydrogen-bond acceptors (Lipinski definition) is 4. The first-order chi connectivity index (χ1) is 11.2. The maximum absolute atomic E-state index is 14.1. The molecule has 6 heteroatoms. The zero-order valence-corrected chi connectivity index (χ0v) is 13.0. The summed E-state index contributed by atoms with van der Waals surface area (Å²) < 4.78 is 14.1. The van der Waals surface area contributed by atoms with Gasteiger partial charge in [0.15, 0.2) is 0 Å². The van der Waals surface area contributed by atoms with Gasteiger partial charge in [-0.05, 0) is 31.9 Å². The third kappa shape index (κ3) is 2.54. The van der Waals surface area contributed by atoms with Crippen molar-refractivity contribution in [1.29, 1.82) is 0 Å². The van der Waals surface area contributed by atoms with E-state index in [0.717, 1.165) is 48.5 Å². The average Bonchev–Trinajstić information content (AvgIpc) is 3.10. The van der Waals surface area contributed by atoms with Crippen LogP contribution < -0.4 is 4.90 Å². The lowest BCUT2D eigenvalue weighted by Gasteiger charge is -2.33. The molecule has 0 spiro atoms. The van der Waals surface area contributed by atoms with Crippen molar-refractivity contribution in [2.75, 3.05) is 18.0 Å². The predicted octanol–water partition coefficient (Wildman–Crippen LogP) is 3.18. The van der Waals surface area contributed by atoms with Crippen molar-refractivity contribution in [3.05, 3.63) is 47.9 Å². The summed E-state index contributed by atoms with van der Waals surface area (Å²) in [7, 11) is 0. The summed E-state index contributed by atoms with van der Waals surface area (Å²) in [5, 5.41) is 7.79.